The number of hydrogen-bond acceptors (Lipinski definition) is 4. The normalized spacial score (nSPS) is 19.2. The highest BCUT2D eigenvalue weighted by Crippen LogP contribution is 2.36. The molecule has 1 aliphatic rings. The number of carbonyl (C=O) groups is 1. The van der Waals surface area contributed by atoms with E-state index in [-0.39, 0.29) is 22.9 Å². The van der Waals surface area contributed by atoms with E-state index in [0.29, 0.717) is 35.8 Å². The van der Waals surface area contributed by atoms with Crippen molar-refractivity contribution in [1.29, 1.82) is 0 Å². The highest BCUT2D eigenvalue weighted by atomic mass is 35.5. The standard InChI is InChI=1S/C21H19Cl2F3N4O2/c1-30-18(15(22)9-28-30)14-8-17(32-19(14)23)20(31)29-16-10-27-7-6-13(16)11-2-4-12(5-3-11)21(24,25)26/h2-5,8-9,13,16,27H,6-7,10H2,1H3,(H,29,31)/t13?,16-/m1/s1. The molecule has 1 unspecified atom stereocenters. The van der Waals surface area contributed by atoms with Crippen LogP contribution in [0.3, 0.4) is 0 Å². The van der Waals surface area contributed by atoms with Crippen molar-refractivity contribution in [2.75, 3.05) is 13.1 Å². The van der Waals surface area contributed by atoms with Crippen molar-refractivity contribution in [2.45, 2.75) is 24.6 Å². The average molecular weight is 487 g/mol. The third-order valence-corrected chi connectivity index (χ3v) is 6.08. The van der Waals surface area contributed by atoms with Crippen LogP contribution in [0.4, 0.5) is 13.2 Å². The molecule has 0 spiro atoms. The van der Waals surface area contributed by atoms with E-state index in [9.17, 15) is 18.0 Å². The van der Waals surface area contributed by atoms with Gasteiger partial charge in [-0.1, -0.05) is 23.7 Å². The molecule has 0 aliphatic carbocycles. The second-order valence-corrected chi connectivity index (χ2v) is 8.31. The van der Waals surface area contributed by atoms with E-state index in [0.717, 1.165) is 17.7 Å². The van der Waals surface area contributed by atoms with Gasteiger partial charge in [-0.15, -0.1) is 0 Å². The van der Waals surface area contributed by atoms with Gasteiger partial charge in [-0.3, -0.25) is 9.48 Å². The Morgan fingerprint density at radius 2 is 2.00 bits per heavy atom. The van der Waals surface area contributed by atoms with Crippen LogP contribution in [0.2, 0.25) is 10.2 Å². The molecule has 2 atom stereocenters. The Bertz CT molecular complexity index is 1110. The smallest absolute Gasteiger partial charge is 0.416 e. The Morgan fingerprint density at radius 1 is 1.28 bits per heavy atom. The monoisotopic (exact) mass is 486 g/mol. The van der Waals surface area contributed by atoms with Gasteiger partial charge in [0, 0.05) is 31.6 Å². The molecule has 11 heteroatoms. The molecule has 0 saturated carbocycles. The number of piperidine rings is 1. The lowest BCUT2D eigenvalue weighted by Crippen LogP contribution is -2.50. The van der Waals surface area contributed by atoms with Crippen LogP contribution in [0.1, 0.15) is 34.0 Å². The first-order chi connectivity index (χ1) is 15.1. The predicted octanol–water partition coefficient (Wildman–Crippen LogP) is 4.88. The molecule has 1 amide bonds. The number of alkyl halides is 3. The molecule has 1 aromatic carbocycles. The fraction of sp³-hybridized carbons (Fsp3) is 0.333. The van der Waals surface area contributed by atoms with Gasteiger partial charge >= 0.3 is 6.18 Å². The zero-order chi connectivity index (χ0) is 23.0. The Balaban J connectivity index is 1.54. The fourth-order valence-corrected chi connectivity index (χ4v) is 4.42. The molecule has 1 saturated heterocycles. The van der Waals surface area contributed by atoms with Crippen LogP contribution >= 0.6 is 23.2 Å². The Morgan fingerprint density at radius 3 is 2.62 bits per heavy atom. The summed E-state index contributed by atoms with van der Waals surface area (Å²) in [7, 11) is 1.69. The second-order valence-electron chi connectivity index (χ2n) is 7.56. The SMILES string of the molecule is Cn1ncc(Cl)c1-c1cc(C(=O)N[C@@H]2CNCCC2c2ccc(C(F)(F)F)cc2)oc1Cl. The summed E-state index contributed by atoms with van der Waals surface area (Å²) in [5.74, 6) is -0.639. The molecule has 32 heavy (non-hydrogen) atoms. The maximum Gasteiger partial charge on any atom is 0.416 e. The minimum Gasteiger partial charge on any atom is -0.439 e. The lowest BCUT2D eigenvalue weighted by atomic mass is 9.85. The number of furan rings is 1. The molecule has 3 aromatic rings. The van der Waals surface area contributed by atoms with Crippen molar-refractivity contribution in [3.05, 3.63) is 63.7 Å². The topological polar surface area (TPSA) is 72.1 Å². The number of carbonyl (C=O) groups excluding carboxylic acids is 1. The summed E-state index contributed by atoms with van der Waals surface area (Å²) in [4.78, 5) is 12.9. The van der Waals surface area contributed by atoms with E-state index in [2.05, 4.69) is 15.7 Å². The van der Waals surface area contributed by atoms with Gasteiger partial charge in [0.25, 0.3) is 5.91 Å². The number of aromatic nitrogens is 2. The fourth-order valence-electron chi connectivity index (χ4n) is 3.92. The maximum atomic E-state index is 12.9. The van der Waals surface area contributed by atoms with Crippen LogP contribution in [0, 0.1) is 0 Å². The Kier molecular flexibility index (Phi) is 6.24. The minimum absolute atomic E-state index is 0.000917. The largest absolute Gasteiger partial charge is 0.439 e. The van der Waals surface area contributed by atoms with E-state index in [1.54, 1.807) is 7.05 Å². The molecular weight excluding hydrogens is 468 g/mol. The maximum absolute atomic E-state index is 12.9. The first-order valence-corrected chi connectivity index (χ1v) is 10.6. The van der Waals surface area contributed by atoms with Gasteiger partial charge in [0.15, 0.2) is 5.76 Å². The number of aryl methyl sites for hydroxylation is 1. The summed E-state index contributed by atoms with van der Waals surface area (Å²) in [5, 5.41) is 10.5. The summed E-state index contributed by atoms with van der Waals surface area (Å²) >= 11 is 12.4. The highest BCUT2D eigenvalue weighted by Gasteiger charge is 2.32. The molecule has 170 valence electrons. The highest BCUT2D eigenvalue weighted by molar-refractivity contribution is 6.35. The van der Waals surface area contributed by atoms with Crippen molar-refractivity contribution in [1.82, 2.24) is 20.4 Å². The van der Waals surface area contributed by atoms with E-state index >= 15 is 0 Å². The van der Waals surface area contributed by atoms with Gasteiger partial charge in [-0.05, 0) is 42.3 Å². The number of rotatable bonds is 4. The summed E-state index contributed by atoms with van der Waals surface area (Å²) in [6.07, 6.45) is -2.28. The molecule has 1 fully saturated rings. The van der Waals surface area contributed by atoms with Crippen molar-refractivity contribution < 1.29 is 22.4 Å². The van der Waals surface area contributed by atoms with Crippen LogP contribution in [0.5, 0.6) is 0 Å². The number of nitrogens with one attached hydrogen (secondary N) is 2. The van der Waals surface area contributed by atoms with Crippen molar-refractivity contribution >= 4 is 29.1 Å². The van der Waals surface area contributed by atoms with Crippen molar-refractivity contribution in [3.8, 4) is 11.3 Å². The van der Waals surface area contributed by atoms with E-state index in [1.165, 1.54) is 29.1 Å². The van der Waals surface area contributed by atoms with Gasteiger partial charge in [0.05, 0.1) is 28.0 Å². The van der Waals surface area contributed by atoms with Gasteiger partial charge < -0.3 is 15.1 Å². The lowest BCUT2D eigenvalue weighted by Gasteiger charge is -2.33. The Labute approximate surface area is 191 Å². The summed E-state index contributed by atoms with van der Waals surface area (Å²) in [5.41, 5.74) is 0.969. The molecule has 3 heterocycles. The predicted molar refractivity (Wildman–Crippen MR) is 114 cm³/mol. The van der Waals surface area contributed by atoms with Gasteiger partial charge in [0.1, 0.15) is 0 Å². The van der Waals surface area contributed by atoms with Gasteiger partial charge in [-0.2, -0.15) is 18.3 Å². The first-order valence-electron chi connectivity index (χ1n) is 9.81. The third kappa shape index (κ3) is 4.51. The van der Waals surface area contributed by atoms with Gasteiger partial charge in [-0.25, -0.2) is 0 Å². The molecule has 6 nitrogen and oxygen atoms in total. The number of nitrogens with zero attached hydrogens (tertiary/aromatic N) is 2. The van der Waals surface area contributed by atoms with Crippen LogP contribution < -0.4 is 10.6 Å². The number of amides is 1. The summed E-state index contributed by atoms with van der Waals surface area (Å²) in [6, 6.07) is 6.19. The lowest BCUT2D eigenvalue weighted by molar-refractivity contribution is -0.137. The minimum atomic E-state index is -4.40. The molecule has 0 bridgehead atoms. The Hall–Kier alpha value is -2.49. The van der Waals surface area contributed by atoms with Crippen LogP contribution in [0.25, 0.3) is 11.3 Å². The molecule has 2 N–H and O–H groups in total. The summed E-state index contributed by atoms with van der Waals surface area (Å²) in [6.45, 7) is 1.15. The molecule has 0 radical (unpaired) electrons. The first kappa shape index (κ1) is 22.7. The van der Waals surface area contributed by atoms with Crippen LogP contribution in [0.15, 0.2) is 40.9 Å². The van der Waals surface area contributed by atoms with E-state index in [4.69, 9.17) is 27.6 Å². The molecular formula is C21H19Cl2F3N4O2. The number of benzene rings is 1. The third-order valence-electron chi connectivity index (χ3n) is 5.52. The second kappa shape index (κ2) is 8.80. The van der Waals surface area contributed by atoms with Crippen molar-refractivity contribution in [2.24, 2.45) is 7.05 Å². The zero-order valence-corrected chi connectivity index (χ0v) is 18.4. The van der Waals surface area contributed by atoms with Crippen LogP contribution in [-0.2, 0) is 13.2 Å². The quantitative estimate of drug-likeness (QED) is 0.551. The molecule has 4 rings (SSSR count). The van der Waals surface area contributed by atoms with Gasteiger partial charge in [0.2, 0.25) is 5.22 Å². The zero-order valence-electron chi connectivity index (χ0n) is 16.8. The van der Waals surface area contributed by atoms with E-state index in [1.807, 2.05) is 0 Å². The number of halogens is 5. The molecule has 2 aromatic heterocycles. The summed E-state index contributed by atoms with van der Waals surface area (Å²) < 4.78 is 45.6. The average Bonchev–Trinajstić information content (AvgIpc) is 3.29. The van der Waals surface area contributed by atoms with Crippen molar-refractivity contribution in [3.63, 3.8) is 0 Å². The van der Waals surface area contributed by atoms with Crippen LogP contribution in [-0.4, -0.2) is 34.8 Å². The molecule has 1 aliphatic heterocycles. The number of hydrogen-bond donors (Lipinski definition) is 2. The van der Waals surface area contributed by atoms with E-state index < -0.39 is 17.6 Å².